The lowest BCUT2D eigenvalue weighted by Gasteiger charge is -2.19. The molecule has 0 fully saturated rings. The molecule has 0 saturated carbocycles. The van der Waals surface area contributed by atoms with E-state index in [0.29, 0.717) is 13.2 Å². The summed E-state index contributed by atoms with van der Waals surface area (Å²) in [7, 11) is 1.65. The van der Waals surface area contributed by atoms with Crippen molar-refractivity contribution in [2.24, 2.45) is 0 Å². The summed E-state index contributed by atoms with van der Waals surface area (Å²) in [5.74, 6) is 1.64. The molecular weight excluding hydrogens is 328 g/mol. The summed E-state index contributed by atoms with van der Waals surface area (Å²) in [5.41, 5.74) is 3.27. The molecule has 2 rings (SSSR count). The van der Waals surface area contributed by atoms with E-state index in [1.54, 1.807) is 7.11 Å². The van der Waals surface area contributed by atoms with Crippen LogP contribution in [0, 0.1) is 6.92 Å². The highest BCUT2D eigenvalue weighted by molar-refractivity contribution is 5.74. The van der Waals surface area contributed by atoms with Crippen LogP contribution in [0.1, 0.15) is 36.6 Å². The van der Waals surface area contributed by atoms with Crippen molar-refractivity contribution in [3.63, 3.8) is 0 Å². The largest absolute Gasteiger partial charge is 0.497 e. The molecule has 1 atom stereocenters. The highest BCUT2D eigenvalue weighted by Crippen LogP contribution is 2.26. The van der Waals surface area contributed by atoms with Crippen molar-refractivity contribution >= 4 is 6.03 Å². The molecule has 140 valence electrons. The van der Waals surface area contributed by atoms with E-state index in [4.69, 9.17) is 9.47 Å². The van der Waals surface area contributed by atoms with Gasteiger partial charge < -0.3 is 20.1 Å². The average molecular weight is 356 g/mol. The Morgan fingerprint density at radius 2 is 1.88 bits per heavy atom. The Bertz CT molecular complexity index is 714. The maximum atomic E-state index is 12.2. The maximum absolute atomic E-state index is 12.2. The molecule has 5 nitrogen and oxygen atoms in total. The molecule has 2 N–H and O–H groups in total. The third-order valence-electron chi connectivity index (χ3n) is 4.14. The van der Waals surface area contributed by atoms with Crippen molar-refractivity contribution in [2.75, 3.05) is 20.3 Å². The lowest BCUT2D eigenvalue weighted by molar-refractivity contribution is 0.237. The Morgan fingerprint density at radius 3 is 2.54 bits per heavy atom. The highest BCUT2D eigenvalue weighted by Gasteiger charge is 2.14. The van der Waals surface area contributed by atoms with Gasteiger partial charge in [-0.15, -0.1) is 0 Å². The lowest BCUT2D eigenvalue weighted by Crippen LogP contribution is -2.38. The Labute approximate surface area is 155 Å². The summed E-state index contributed by atoms with van der Waals surface area (Å²) in [6.45, 7) is 7.10. The average Bonchev–Trinajstić information content (AvgIpc) is 2.64. The number of carbonyl (C=O) groups is 1. The number of ether oxygens (including phenoxy) is 2. The first-order valence-corrected chi connectivity index (χ1v) is 8.94. The zero-order valence-corrected chi connectivity index (χ0v) is 16.0. The standard InChI is InChI=1S/C21H28N2O3/c1-5-26-20-11-6-15(2)14-19(20)16(3)23-21(24)22-13-12-17-7-9-18(25-4)10-8-17/h6-11,14,16H,5,12-13H2,1-4H3,(H2,22,23,24). The van der Waals surface area contributed by atoms with E-state index in [-0.39, 0.29) is 12.1 Å². The van der Waals surface area contributed by atoms with Crippen LogP contribution in [0.4, 0.5) is 4.79 Å². The molecule has 2 aromatic carbocycles. The van der Waals surface area contributed by atoms with Crippen molar-refractivity contribution in [1.82, 2.24) is 10.6 Å². The second-order valence-corrected chi connectivity index (χ2v) is 6.19. The van der Waals surface area contributed by atoms with E-state index in [1.807, 2.05) is 63.2 Å². The number of aryl methyl sites for hydroxylation is 1. The summed E-state index contributed by atoms with van der Waals surface area (Å²) in [5, 5.41) is 5.88. The molecular formula is C21H28N2O3. The number of hydrogen-bond acceptors (Lipinski definition) is 3. The molecule has 0 heterocycles. The van der Waals surface area contributed by atoms with E-state index in [0.717, 1.165) is 34.6 Å². The minimum Gasteiger partial charge on any atom is -0.497 e. The van der Waals surface area contributed by atoms with Gasteiger partial charge in [0.2, 0.25) is 0 Å². The minimum absolute atomic E-state index is 0.141. The van der Waals surface area contributed by atoms with E-state index in [9.17, 15) is 4.79 Å². The predicted molar refractivity (Wildman–Crippen MR) is 104 cm³/mol. The molecule has 26 heavy (non-hydrogen) atoms. The second-order valence-electron chi connectivity index (χ2n) is 6.19. The summed E-state index contributed by atoms with van der Waals surface area (Å²) in [6, 6.07) is 13.5. The molecule has 0 aliphatic rings. The van der Waals surface area contributed by atoms with Gasteiger partial charge in [-0.05, 0) is 51.0 Å². The zero-order valence-electron chi connectivity index (χ0n) is 16.0. The van der Waals surface area contributed by atoms with Gasteiger partial charge >= 0.3 is 6.03 Å². The summed E-state index contributed by atoms with van der Waals surface area (Å²) < 4.78 is 10.8. The second kappa shape index (κ2) is 9.70. The number of nitrogens with one attached hydrogen (secondary N) is 2. The molecule has 1 unspecified atom stereocenters. The smallest absolute Gasteiger partial charge is 0.315 e. The molecule has 0 radical (unpaired) electrons. The number of carbonyl (C=O) groups excluding carboxylic acids is 1. The van der Waals surface area contributed by atoms with Crippen molar-refractivity contribution < 1.29 is 14.3 Å². The number of rotatable bonds is 8. The number of benzene rings is 2. The Hall–Kier alpha value is -2.69. The van der Waals surface area contributed by atoms with E-state index in [1.165, 1.54) is 0 Å². The first kappa shape index (κ1) is 19.6. The van der Waals surface area contributed by atoms with Crippen LogP contribution in [-0.2, 0) is 6.42 Å². The quantitative estimate of drug-likeness (QED) is 0.751. The fraction of sp³-hybridized carbons (Fsp3) is 0.381. The van der Waals surface area contributed by atoms with Crippen LogP contribution in [0.3, 0.4) is 0 Å². The number of amides is 2. The van der Waals surface area contributed by atoms with Crippen molar-refractivity contribution in [3.8, 4) is 11.5 Å². The fourth-order valence-electron chi connectivity index (χ4n) is 2.73. The monoisotopic (exact) mass is 356 g/mol. The molecule has 0 aliphatic heterocycles. The van der Waals surface area contributed by atoms with Gasteiger partial charge in [0.15, 0.2) is 0 Å². The molecule has 0 aliphatic carbocycles. The van der Waals surface area contributed by atoms with E-state index in [2.05, 4.69) is 10.6 Å². The van der Waals surface area contributed by atoms with Gasteiger partial charge in [-0.25, -0.2) is 4.79 Å². The van der Waals surface area contributed by atoms with Crippen LogP contribution in [0.2, 0.25) is 0 Å². The molecule has 0 spiro atoms. The number of methoxy groups -OCH3 is 1. The minimum atomic E-state index is -0.185. The summed E-state index contributed by atoms with van der Waals surface area (Å²) in [6.07, 6.45) is 0.764. The lowest BCUT2D eigenvalue weighted by atomic mass is 10.0. The van der Waals surface area contributed by atoms with E-state index >= 15 is 0 Å². The van der Waals surface area contributed by atoms with Gasteiger partial charge in [0.25, 0.3) is 0 Å². The van der Waals surface area contributed by atoms with Crippen LogP contribution in [0.25, 0.3) is 0 Å². The summed E-state index contributed by atoms with van der Waals surface area (Å²) >= 11 is 0. The Kier molecular flexibility index (Phi) is 7.33. The van der Waals surface area contributed by atoms with Gasteiger partial charge in [-0.2, -0.15) is 0 Å². The van der Waals surface area contributed by atoms with Gasteiger partial charge in [0.05, 0.1) is 19.8 Å². The van der Waals surface area contributed by atoms with Crippen molar-refractivity contribution in [2.45, 2.75) is 33.2 Å². The van der Waals surface area contributed by atoms with Crippen molar-refractivity contribution in [1.29, 1.82) is 0 Å². The van der Waals surface area contributed by atoms with Crippen LogP contribution < -0.4 is 20.1 Å². The third kappa shape index (κ3) is 5.69. The summed E-state index contributed by atoms with van der Waals surface area (Å²) in [4.78, 5) is 12.2. The van der Waals surface area contributed by atoms with Gasteiger partial charge in [-0.3, -0.25) is 0 Å². The predicted octanol–water partition coefficient (Wildman–Crippen LogP) is 4.01. The van der Waals surface area contributed by atoms with Gasteiger partial charge in [0.1, 0.15) is 11.5 Å². The van der Waals surface area contributed by atoms with E-state index < -0.39 is 0 Å². The number of urea groups is 1. The fourth-order valence-corrected chi connectivity index (χ4v) is 2.73. The normalized spacial score (nSPS) is 11.5. The van der Waals surface area contributed by atoms with Crippen LogP contribution in [0.5, 0.6) is 11.5 Å². The third-order valence-corrected chi connectivity index (χ3v) is 4.14. The topological polar surface area (TPSA) is 59.6 Å². The first-order chi connectivity index (χ1) is 12.5. The molecule has 2 aromatic rings. The SMILES string of the molecule is CCOc1ccc(C)cc1C(C)NC(=O)NCCc1ccc(OC)cc1. The maximum Gasteiger partial charge on any atom is 0.315 e. The first-order valence-electron chi connectivity index (χ1n) is 8.94. The number of hydrogen-bond donors (Lipinski definition) is 2. The van der Waals surface area contributed by atoms with Crippen LogP contribution in [0.15, 0.2) is 42.5 Å². The van der Waals surface area contributed by atoms with Gasteiger partial charge in [0, 0.05) is 12.1 Å². The van der Waals surface area contributed by atoms with Gasteiger partial charge in [-0.1, -0.05) is 29.8 Å². The Balaban J connectivity index is 1.86. The van der Waals surface area contributed by atoms with Crippen molar-refractivity contribution in [3.05, 3.63) is 59.2 Å². The Morgan fingerprint density at radius 1 is 1.15 bits per heavy atom. The van der Waals surface area contributed by atoms with Crippen LogP contribution >= 0.6 is 0 Å². The van der Waals surface area contributed by atoms with Crippen LogP contribution in [-0.4, -0.2) is 26.3 Å². The zero-order chi connectivity index (χ0) is 18.9. The highest BCUT2D eigenvalue weighted by atomic mass is 16.5. The molecule has 5 heteroatoms. The molecule has 0 saturated heterocycles. The molecule has 0 bridgehead atoms. The molecule has 2 amide bonds. The molecule has 0 aromatic heterocycles.